The lowest BCUT2D eigenvalue weighted by molar-refractivity contribution is -0.0272. The van der Waals surface area contributed by atoms with Crippen LogP contribution in [0.15, 0.2) is 18.3 Å². The van der Waals surface area contributed by atoms with Crippen molar-refractivity contribution in [2.75, 3.05) is 11.9 Å². The molecule has 0 spiro atoms. The molecule has 3 aliphatic carbocycles. The van der Waals surface area contributed by atoms with Crippen molar-refractivity contribution in [2.45, 2.75) is 68.5 Å². The number of rotatable bonds is 7. The zero-order chi connectivity index (χ0) is 26.0. The van der Waals surface area contributed by atoms with Crippen molar-refractivity contribution >= 4 is 41.0 Å². The molecule has 1 aliphatic heterocycles. The van der Waals surface area contributed by atoms with Gasteiger partial charge in [0.1, 0.15) is 22.6 Å². The maximum atomic E-state index is 15.2. The highest BCUT2D eigenvalue weighted by molar-refractivity contribution is 6.29. The van der Waals surface area contributed by atoms with E-state index >= 15 is 4.39 Å². The second-order valence-electron chi connectivity index (χ2n) is 10.5. The van der Waals surface area contributed by atoms with Crippen molar-refractivity contribution in [3.05, 3.63) is 34.9 Å². The Morgan fingerprint density at radius 2 is 2.03 bits per heavy atom. The van der Waals surface area contributed by atoms with Crippen LogP contribution in [0, 0.1) is 5.92 Å². The fourth-order valence-electron chi connectivity index (χ4n) is 5.50. The molecule has 4 fully saturated rings. The van der Waals surface area contributed by atoms with Crippen molar-refractivity contribution in [3.8, 4) is 0 Å². The Morgan fingerprint density at radius 3 is 2.74 bits per heavy atom. The Labute approximate surface area is 221 Å². The molecule has 0 radical (unpaired) electrons. The van der Waals surface area contributed by atoms with Gasteiger partial charge in [0.25, 0.3) is 5.91 Å². The van der Waals surface area contributed by atoms with E-state index in [1.807, 2.05) is 0 Å². The second-order valence-corrected chi connectivity index (χ2v) is 10.9. The summed E-state index contributed by atoms with van der Waals surface area (Å²) >= 11 is 6.17. The Kier molecular flexibility index (Phi) is 5.48. The summed E-state index contributed by atoms with van der Waals surface area (Å²) in [5.41, 5.74) is 0.894. The number of fused-ring (bicyclic) bond motifs is 2. The van der Waals surface area contributed by atoms with Crippen LogP contribution in [0.2, 0.25) is 5.15 Å². The molecule has 3 atom stereocenters. The van der Waals surface area contributed by atoms with Crippen LogP contribution < -0.4 is 16.0 Å². The van der Waals surface area contributed by atoms with E-state index in [9.17, 15) is 9.59 Å². The molecule has 0 aromatic carbocycles. The Morgan fingerprint density at radius 1 is 1.21 bits per heavy atom. The minimum atomic E-state index is -1.57. The number of halogens is 2. The number of hydrogen-bond donors (Lipinski definition) is 4. The highest BCUT2D eigenvalue weighted by Crippen LogP contribution is 2.53. The van der Waals surface area contributed by atoms with Crippen LogP contribution in [0.4, 0.5) is 21.0 Å². The van der Waals surface area contributed by atoms with Gasteiger partial charge in [-0.15, -0.1) is 0 Å². The predicted octanol–water partition coefficient (Wildman–Crippen LogP) is 3.19. The third-order valence-electron chi connectivity index (χ3n) is 8.06. The van der Waals surface area contributed by atoms with E-state index in [4.69, 9.17) is 21.1 Å². The maximum absolute atomic E-state index is 15.2. The van der Waals surface area contributed by atoms with Crippen molar-refractivity contribution in [1.82, 2.24) is 35.2 Å². The number of H-pyrrole nitrogens is 1. The molecule has 200 valence electrons. The van der Waals surface area contributed by atoms with E-state index in [1.54, 1.807) is 22.7 Å². The average molecular weight is 545 g/mol. The lowest BCUT2D eigenvalue weighted by atomic mass is 9.53. The zero-order valence-corrected chi connectivity index (χ0v) is 21.0. The number of alkyl halides is 1. The van der Waals surface area contributed by atoms with Crippen molar-refractivity contribution in [3.63, 3.8) is 0 Å². The molecule has 3 saturated carbocycles. The molecule has 3 aromatic rings. The largest absolute Gasteiger partial charge is 0.441 e. The molecule has 2 amide bonds. The number of nitrogens with one attached hydrogen (secondary N) is 4. The monoisotopic (exact) mass is 544 g/mol. The van der Waals surface area contributed by atoms with E-state index in [-0.39, 0.29) is 40.9 Å². The van der Waals surface area contributed by atoms with Gasteiger partial charge in [0, 0.05) is 29.9 Å². The number of aromatic nitrogens is 5. The molecule has 0 bridgehead atoms. The van der Waals surface area contributed by atoms with Crippen molar-refractivity contribution in [1.29, 1.82) is 0 Å². The Balaban J connectivity index is 1.02. The Hall–Kier alpha value is -3.45. The van der Waals surface area contributed by atoms with Gasteiger partial charge in [0.15, 0.2) is 18.1 Å². The molecule has 4 N–H and O–H groups in total. The van der Waals surface area contributed by atoms with Crippen LogP contribution in [0.5, 0.6) is 0 Å². The summed E-state index contributed by atoms with van der Waals surface area (Å²) in [6, 6.07) is 3.32. The minimum absolute atomic E-state index is 0.0608. The fraction of sp³-hybridized carbons (Fsp3) is 0.542. The van der Waals surface area contributed by atoms with E-state index in [0.717, 1.165) is 38.5 Å². The highest BCUT2D eigenvalue weighted by Gasteiger charge is 2.55. The van der Waals surface area contributed by atoms with Crippen LogP contribution in [-0.2, 0) is 9.47 Å². The molecule has 38 heavy (non-hydrogen) atoms. The van der Waals surface area contributed by atoms with Crippen LogP contribution in [-0.4, -0.2) is 67.0 Å². The molecule has 1 saturated heterocycles. The average Bonchev–Trinajstić information content (AvgIpc) is 3.23. The fourth-order valence-corrected chi connectivity index (χ4v) is 5.68. The summed E-state index contributed by atoms with van der Waals surface area (Å²) in [6.45, 7) is -0.0608. The number of carbonyl (C=O) groups excluding carboxylic acids is 2. The minimum Gasteiger partial charge on any atom is -0.441 e. The molecule has 14 heteroatoms. The third kappa shape index (κ3) is 4.13. The predicted molar refractivity (Wildman–Crippen MR) is 132 cm³/mol. The molecule has 12 nitrogen and oxygen atoms in total. The van der Waals surface area contributed by atoms with Gasteiger partial charge in [-0.05, 0) is 44.4 Å². The number of carbonyl (C=O) groups is 2. The first-order valence-corrected chi connectivity index (χ1v) is 13.2. The molecule has 3 aromatic heterocycles. The first-order valence-electron chi connectivity index (χ1n) is 12.8. The third-order valence-corrected chi connectivity index (χ3v) is 8.26. The quantitative estimate of drug-likeness (QED) is 0.331. The van der Waals surface area contributed by atoms with Gasteiger partial charge in [-0.3, -0.25) is 14.3 Å². The second kappa shape index (κ2) is 8.80. The van der Waals surface area contributed by atoms with E-state index in [0.29, 0.717) is 23.1 Å². The maximum Gasteiger partial charge on any atom is 0.408 e. The van der Waals surface area contributed by atoms with Crippen LogP contribution in [0.1, 0.15) is 60.8 Å². The summed E-state index contributed by atoms with van der Waals surface area (Å²) in [5, 5.41) is 16.0. The molecule has 7 rings (SSSR count). The number of amides is 2. The number of ether oxygens (including phenoxy) is 2. The van der Waals surface area contributed by atoms with Crippen molar-refractivity contribution < 1.29 is 23.5 Å². The van der Waals surface area contributed by atoms with E-state index in [2.05, 4.69) is 36.1 Å². The standard InChI is InChI=1S/C24H26ClFN8O4/c25-16-8-18-28-14(21(35)27-12-1-2-12)9-34(18)22(29-16)30-17-7-13(32-33-17)20-19(26)15(10-37-20)38-23(36)31-24-5-3-11(24)4-6-24/h7-9,11-12,15,19-20H,1-6,10H2,(H,27,35)(H,31,36)(H2,29,30,32,33)/t11?,15-,19+,20-,24?/m0/s1. The topological polar surface area (TPSA) is 148 Å². The molecular weight excluding hydrogens is 519 g/mol. The number of hydrogen-bond acceptors (Lipinski definition) is 8. The van der Waals surface area contributed by atoms with Gasteiger partial charge in [0.2, 0.25) is 5.95 Å². The number of alkyl carbamates (subject to hydrolysis) is 1. The van der Waals surface area contributed by atoms with E-state index < -0.39 is 24.5 Å². The van der Waals surface area contributed by atoms with Crippen LogP contribution in [0.25, 0.3) is 5.65 Å². The van der Waals surface area contributed by atoms with Gasteiger partial charge >= 0.3 is 6.09 Å². The number of anilines is 2. The van der Waals surface area contributed by atoms with Gasteiger partial charge in [0.05, 0.1) is 12.3 Å². The van der Waals surface area contributed by atoms with Gasteiger partial charge in [-0.25, -0.2) is 19.2 Å². The van der Waals surface area contributed by atoms with Gasteiger partial charge < -0.3 is 25.4 Å². The first kappa shape index (κ1) is 23.7. The van der Waals surface area contributed by atoms with Crippen LogP contribution in [0.3, 0.4) is 0 Å². The number of imidazole rings is 1. The van der Waals surface area contributed by atoms with Crippen LogP contribution >= 0.6 is 11.6 Å². The summed E-state index contributed by atoms with van der Waals surface area (Å²) < 4.78 is 27.8. The smallest absolute Gasteiger partial charge is 0.408 e. The molecular formula is C24H26ClFN8O4. The summed E-state index contributed by atoms with van der Waals surface area (Å²) in [4.78, 5) is 33.4. The van der Waals surface area contributed by atoms with Gasteiger partial charge in [-0.1, -0.05) is 11.6 Å². The lowest BCUT2D eigenvalue weighted by Gasteiger charge is -2.58. The SMILES string of the molecule is O=C(NC12CCC1CC2)O[C@H]1CO[C@@H](c2cc(Nc3nc(Cl)cc4nc(C(=O)NC5CC5)cn34)n[nH]2)[C@@H]1F. The van der Waals surface area contributed by atoms with Gasteiger partial charge in [-0.2, -0.15) is 5.10 Å². The van der Waals surface area contributed by atoms with E-state index in [1.165, 1.54) is 0 Å². The number of aromatic amines is 1. The summed E-state index contributed by atoms with van der Waals surface area (Å²) in [5.74, 6) is 0.851. The zero-order valence-electron chi connectivity index (χ0n) is 20.2. The Bertz CT molecular complexity index is 1420. The lowest BCUT2D eigenvalue weighted by Crippen LogP contribution is -2.66. The normalized spacial score (nSPS) is 29.7. The molecule has 4 aliphatic rings. The highest BCUT2D eigenvalue weighted by atomic mass is 35.5. The molecule has 0 unspecified atom stereocenters. The first-order chi connectivity index (χ1) is 18.4. The molecule has 4 heterocycles. The summed E-state index contributed by atoms with van der Waals surface area (Å²) in [6.07, 6.45) is 3.45. The summed E-state index contributed by atoms with van der Waals surface area (Å²) in [7, 11) is 0. The van der Waals surface area contributed by atoms with Crippen molar-refractivity contribution in [2.24, 2.45) is 5.92 Å². The number of nitrogens with zero attached hydrogens (tertiary/aromatic N) is 4.